The van der Waals surface area contributed by atoms with Gasteiger partial charge in [0.2, 0.25) is 0 Å². The summed E-state index contributed by atoms with van der Waals surface area (Å²) in [5.41, 5.74) is 0.0963. The van der Waals surface area contributed by atoms with E-state index >= 15 is 0 Å². The number of hydrogen-bond donors (Lipinski definition) is 3. The van der Waals surface area contributed by atoms with Crippen LogP contribution < -0.4 is 10.6 Å². The van der Waals surface area contributed by atoms with Crippen molar-refractivity contribution in [1.29, 1.82) is 0 Å². The lowest BCUT2D eigenvalue weighted by atomic mass is 9.84. The third-order valence-corrected chi connectivity index (χ3v) is 5.94. The summed E-state index contributed by atoms with van der Waals surface area (Å²) >= 11 is 0. The number of halogens is 1. The number of nitrogens with one attached hydrogen (secondary N) is 2. The third-order valence-electron chi connectivity index (χ3n) is 5.94. The second-order valence-corrected chi connectivity index (χ2v) is 8.83. The minimum absolute atomic E-state index is 0. The predicted molar refractivity (Wildman–Crippen MR) is 123 cm³/mol. The molecule has 2 unspecified atom stereocenters. The van der Waals surface area contributed by atoms with E-state index in [9.17, 15) is 5.11 Å². The summed E-state index contributed by atoms with van der Waals surface area (Å²) < 4.78 is 5.59. The Balaban J connectivity index is 0.00000364. The Morgan fingerprint density at radius 2 is 2.15 bits per heavy atom. The van der Waals surface area contributed by atoms with E-state index in [0.29, 0.717) is 0 Å². The van der Waals surface area contributed by atoms with Gasteiger partial charge in [-0.25, -0.2) is 0 Å². The van der Waals surface area contributed by atoms with Gasteiger partial charge in [0, 0.05) is 43.8 Å². The van der Waals surface area contributed by atoms with E-state index in [-0.39, 0.29) is 41.5 Å². The van der Waals surface area contributed by atoms with Gasteiger partial charge >= 0.3 is 0 Å². The highest BCUT2D eigenvalue weighted by Gasteiger charge is 2.35. The second kappa shape index (κ2) is 11.8. The van der Waals surface area contributed by atoms with Crippen LogP contribution in [0.15, 0.2) is 4.99 Å². The lowest BCUT2D eigenvalue weighted by Gasteiger charge is -2.42. The summed E-state index contributed by atoms with van der Waals surface area (Å²) in [5.74, 6) is 1.65. The quantitative estimate of drug-likeness (QED) is 0.274. The van der Waals surface area contributed by atoms with Crippen LogP contribution in [0.5, 0.6) is 0 Å². The van der Waals surface area contributed by atoms with Gasteiger partial charge in [0.05, 0.1) is 13.2 Å². The Morgan fingerprint density at radius 3 is 2.74 bits per heavy atom. The maximum Gasteiger partial charge on any atom is 0.191 e. The van der Waals surface area contributed by atoms with Crippen molar-refractivity contribution in [3.63, 3.8) is 0 Å². The standard InChI is InChI=1S/C20H40N4O2.HI/c1-5-21-18(23-15-20(8-11-25)9-12-26-16-20)22-14-19(3,4)24-10-6-7-17(2)13-24;/h17,25H,5-16H2,1-4H3,(H2,21,22,23);1H. The molecule has 0 radical (unpaired) electrons. The summed E-state index contributed by atoms with van der Waals surface area (Å²) in [6.07, 6.45) is 4.40. The van der Waals surface area contributed by atoms with E-state index in [1.807, 2.05) is 0 Å². The summed E-state index contributed by atoms with van der Waals surface area (Å²) in [6.45, 7) is 15.5. The minimum Gasteiger partial charge on any atom is -0.396 e. The van der Waals surface area contributed by atoms with Crippen molar-refractivity contribution < 1.29 is 9.84 Å². The molecule has 0 aromatic carbocycles. The smallest absolute Gasteiger partial charge is 0.191 e. The summed E-state index contributed by atoms with van der Waals surface area (Å²) in [6, 6.07) is 0. The lowest BCUT2D eigenvalue weighted by molar-refractivity contribution is 0.0774. The average Bonchev–Trinajstić information content (AvgIpc) is 3.07. The molecule has 2 heterocycles. The van der Waals surface area contributed by atoms with Gasteiger partial charge in [-0.05, 0) is 58.9 Å². The van der Waals surface area contributed by atoms with Crippen LogP contribution in [0.2, 0.25) is 0 Å². The number of likely N-dealkylation sites (tertiary alicyclic amines) is 1. The molecule has 0 saturated carbocycles. The molecule has 2 atom stereocenters. The maximum atomic E-state index is 9.40. The number of nitrogens with zero attached hydrogens (tertiary/aromatic N) is 2. The van der Waals surface area contributed by atoms with Gasteiger partial charge in [-0.3, -0.25) is 9.89 Å². The zero-order valence-corrected chi connectivity index (χ0v) is 20.1. The van der Waals surface area contributed by atoms with Crippen molar-refractivity contribution in [2.45, 2.75) is 58.9 Å². The van der Waals surface area contributed by atoms with Crippen molar-refractivity contribution in [3.8, 4) is 0 Å². The number of aliphatic hydroxyl groups is 1. The molecule has 0 bridgehead atoms. The highest BCUT2D eigenvalue weighted by Crippen LogP contribution is 2.31. The maximum absolute atomic E-state index is 9.40. The summed E-state index contributed by atoms with van der Waals surface area (Å²) in [7, 11) is 0. The number of guanidine groups is 1. The monoisotopic (exact) mass is 496 g/mol. The largest absolute Gasteiger partial charge is 0.396 e. The van der Waals surface area contributed by atoms with Crippen LogP contribution >= 0.6 is 24.0 Å². The molecule has 27 heavy (non-hydrogen) atoms. The molecule has 6 nitrogen and oxygen atoms in total. The van der Waals surface area contributed by atoms with E-state index in [4.69, 9.17) is 9.73 Å². The summed E-state index contributed by atoms with van der Waals surface area (Å²) in [4.78, 5) is 7.48. The van der Waals surface area contributed by atoms with Gasteiger partial charge in [0.25, 0.3) is 0 Å². The molecule has 2 saturated heterocycles. The molecule has 2 aliphatic heterocycles. The predicted octanol–water partition coefficient (Wildman–Crippen LogP) is 2.46. The number of aliphatic hydroxyl groups excluding tert-OH is 1. The first-order valence-corrected chi connectivity index (χ1v) is 10.4. The molecule has 2 rings (SSSR count). The number of aliphatic imine (C=N–C) groups is 1. The highest BCUT2D eigenvalue weighted by atomic mass is 127. The Morgan fingerprint density at radius 1 is 1.37 bits per heavy atom. The molecule has 160 valence electrons. The molecule has 2 fully saturated rings. The molecule has 0 aliphatic carbocycles. The van der Waals surface area contributed by atoms with Crippen molar-refractivity contribution >= 4 is 29.9 Å². The molecule has 3 N–H and O–H groups in total. The van der Waals surface area contributed by atoms with E-state index in [2.05, 4.69) is 43.2 Å². The Hall–Kier alpha value is -0.120. The first kappa shape index (κ1) is 24.9. The van der Waals surface area contributed by atoms with Crippen LogP contribution in [0, 0.1) is 11.3 Å². The highest BCUT2D eigenvalue weighted by molar-refractivity contribution is 14.0. The Bertz CT molecular complexity index is 453. The van der Waals surface area contributed by atoms with Crippen molar-refractivity contribution in [1.82, 2.24) is 15.5 Å². The van der Waals surface area contributed by atoms with Gasteiger partial charge in [-0.15, -0.1) is 24.0 Å². The van der Waals surface area contributed by atoms with Gasteiger partial charge in [-0.2, -0.15) is 0 Å². The molecule has 2 aliphatic rings. The molecule has 0 aromatic rings. The normalized spacial score (nSPS) is 27.3. The zero-order valence-electron chi connectivity index (χ0n) is 17.7. The number of hydrogen-bond acceptors (Lipinski definition) is 4. The number of ether oxygens (including phenoxy) is 1. The molecular formula is C20H41IN4O2. The van der Waals surface area contributed by atoms with Crippen LogP contribution in [0.25, 0.3) is 0 Å². The van der Waals surface area contributed by atoms with Gasteiger partial charge in [-0.1, -0.05) is 6.92 Å². The fourth-order valence-corrected chi connectivity index (χ4v) is 4.04. The average molecular weight is 496 g/mol. The second-order valence-electron chi connectivity index (χ2n) is 8.83. The van der Waals surface area contributed by atoms with Crippen LogP contribution in [-0.2, 0) is 4.74 Å². The van der Waals surface area contributed by atoms with Gasteiger partial charge < -0.3 is 20.5 Å². The van der Waals surface area contributed by atoms with Crippen LogP contribution in [0.4, 0.5) is 0 Å². The fraction of sp³-hybridized carbons (Fsp3) is 0.950. The molecule has 7 heteroatoms. The first-order valence-electron chi connectivity index (χ1n) is 10.4. The van der Waals surface area contributed by atoms with Crippen molar-refractivity contribution in [3.05, 3.63) is 0 Å². The van der Waals surface area contributed by atoms with Gasteiger partial charge in [0.1, 0.15) is 0 Å². The van der Waals surface area contributed by atoms with E-state index < -0.39 is 0 Å². The van der Waals surface area contributed by atoms with Crippen LogP contribution in [0.1, 0.15) is 53.4 Å². The summed E-state index contributed by atoms with van der Waals surface area (Å²) in [5, 5.41) is 16.3. The van der Waals surface area contributed by atoms with Crippen molar-refractivity contribution in [2.75, 3.05) is 52.5 Å². The zero-order chi connectivity index (χ0) is 19.0. The number of rotatable bonds is 8. The SMILES string of the molecule is CCNC(=NCC(C)(C)N1CCCC(C)C1)NCC1(CCO)CCOC1.I. The minimum atomic E-state index is 0. The van der Waals surface area contributed by atoms with Crippen LogP contribution in [-0.4, -0.2) is 74.0 Å². The van der Waals surface area contributed by atoms with E-state index in [1.54, 1.807) is 0 Å². The molecular weight excluding hydrogens is 455 g/mol. The lowest BCUT2D eigenvalue weighted by Crippen LogP contribution is -2.51. The first-order chi connectivity index (χ1) is 12.4. The fourth-order valence-electron chi connectivity index (χ4n) is 4.04. The topological polar surface area (TPSA) is 69.1 Å². The molecule has 0 spiro atoms. The molecule has 0 amide bonds. The van der Waals surface area contributed by atoms with Crippen molar-refractivity contribution in [2.24, 2.45) is 16.3 Å². The third kappa shape index (κ3) is 7.66. The van der Waals surface area contributed by atoms with Crippen LogP contribution in [0.3, 0.4) is 0 Å². The Labute approximate surface area is 182 Å². The van der Waals surface area contributed by atoms with E-state index in [0.717, 1.165) is 57.6 Å². The van der Waals surface area contributed by atoms with E-state index in [1.165, 1.54) is 25.9 Å². The molecule has 0 aromatic heterocycles. The Kier molecular flexibility index (Phi) is 10.9. The number of piperidine rings is 1. The van der Waals surface area contributed by atoms with Gasteiger partial charge in [0.15, 0.2) is 5.96 Å².